The highest BCUT2D eigenvalue weighted by Crippen LogP contribution is 2.20. The maximum atomic E-state index is 11.9. The van der Waals surface area contributed by atoms with Gasteiger partial charge in [-0.3, -0.25) is 4.79 Å². The molecule has 0 bridgehead atoms. The Bertz CT molecular complexity index is 451. The van der Waals surface area contributed by atoms with Crippen LogP contribution >= 0.6 is 15.9 Å². The molecule has 1 aromatic rings. The molecule has 3 nitrogen and oxygen atoms in total. The highest BCUT2D eigenvalue weighted by Gasteiger charge is 2.11. The number of hydrogen-bond donors (Lipinski definition) is 2. The Kier molecular flexibility index (Phi) is 5.05. The molecule has 0 saturated carbocycles. The van der Waals surface area contributed by atoms with E-state index in [-0.39, 0.29) is 11.9 Å². The van der Waals surface area contributed by atoms with E-state index >= 15 is 0 Å². The molecule has 3 N–H and O–H groups in total. The van der Waals surface area contributed by atoms with Crippen LogP contribution in [0.4, 0.5) is 5.69 Å². The SMILES string of the molecule is C#CCC(CC)NC(=O)c1ccc(Br)c(N)c1. The van der Waals surface area contributed by atoms with E-state index in [2.05, 4.69) is 27.2 Å². The van der Waals surface area contributed by atoms with Gasteiger partial charge in [0.05, 0.1) is 0 Å². The Hall–Kier alpha value is -1.47. The largest absolute Gasteiger partial charge is 0.398 e. The van der Waals surface area contributed by atoms with Crippen LogP contribution in [0.5, 0.6) is 0 Å². The third-order valence-electron chi connectivity index (χ3n) is 2.45. The van der Waals surface area contributed by atoms with E-state index in [1.807, 2.05) is 6.92 Å². The number of benzene rings is 1. The van der Waals surface area contributed by atoms with Crippen molar-refractivity contribution in [3.63, 3.8) is 0 Å². The van der Waals surface area contributed by atoms with Crippen LogP contribution in [0.3, 0.4) is 0 Å². The Morgan fingerprint density at radius 1 is 1.65 bits per heavy atom. The zero-order chi connectivity index (χ0) is 12.8. The molecule has 0 spiro atoms. The summed E-state index contributed by atoms with van der Waals surface area (Å²) in [6, 6.07) is 5.13. The summed E-state index contributed by atoms with van der Waals surface area (Å²) >= 11 is 3.28. The molecule has 1 aromatic carbocycles. The van der Waals surface area contributed by atoms with Crippen LogP contribution in [0.2, 0.25) is 0 Å². The third-order valence-corrected chi connectivity index (χ3v) is 3.17. The van der Waals surface area contributed by atoms with E-state index in [1.165, 1.54) is 0 Å². The summed E-state index contributed by atoms with van der Waals surface area (Å²) in [6.07, 6.45) is 6.58. The van der Waals surface area contributed by atoms with E-state index in [1.54, 1.807) is 18.2 Å². The molecule has 0 fully saturated rings. The van der Waals surface area contributed by atoms with Gasteiger partial charge in [0.15, 0.2) is 0 Å². The molecule has 17 heavy (non-hydrogen) atoms. The van der Waals surface area contributed by atoms with E-state index in [0.29, 0.717) is 17.7 Å². The van der Waals surface area contributed by atoms with Crippen molar-refractivity contribution in [2.75, 3.05) is 5.73 Å². The first-order valence-electron chi connectivity index (χ1n) is 5.37. The Morgan fingerprint density at radius 3 is 2.88 bits per heavy atom. The molecule has 0 aliphatic rings. The first-order valence-corrected chi connectivity index (χ1v) is 6.17. The van der Waals surface area contributed by atoms with Crippen molar-refractivity contribution in [2.45, 2.75) is 25.8 Å². The number of anilines is 1. The highest BCUT2D eigenvalue weighted by molar-refractivity contribution is 9.10. The van der Waals surface area contributed by atoms with Crippen molar-refractivity contribution in [2.24, 2.45) is 0 Å². The first kappa shape index (κ1) is 13.6. The number of rotatable bonds is 4. The normalized spacial score (nSPS) is 11.6. The Labute approximate surface area is 110 Å². The Morgan fingerprint density at radius 2 is 2.35 bits per heavy atom. The van der Waals surface area contributed by atoms with Gasteiger partial charge < -0.3 is 11.1 Å². The number of carbonyl (C=O) groups is 1. The van der Waals surface area contributed by atoms with E-state index in [9.17, 15) is 4.79 Å². The van der Waals surface area contributed by atoms with Crippen LogP contribution in [-0.4, -0.2) is 11.9 Å². The average Bonchev–Trinajstić information content (AvgIpc) is 2.31. The number of hydrogen-bond acceptors (Lipinski definition) is 2. The maximum Gasteiger partial charge on any atom is 0.251 e. The van der Waals surface area contributed by atoms with Crippen molar-refractivity contribution in [3.05, 3.63) is 28.2 Å². The van der Waals surface area contributed by atoms with Crippen LogP contribution in [0.15, 0.2) is 22.7 Å². The van der Waals surface area contributed by atoms with Gasteiger partial charge in [0.2, 0.25) is 0 Å². The number of carbonyl (C=O) groups excluding carboxylic acids is 1. The van der Waals surface area contributed by atoms with Crippen molar-refractivity contribution in [1.29, 1.82) is 0 Å². The summed E-state index contributed by atoms with van der Waals surface area (Å²) in [6.45, 7) is 1.98. The lowest BCUT2D eigenvalue weighted by molar-refractivity contribution is 0.0936. The topological polar surface area (TPSA) is 55.1 Å². The monoisotopic (exact) mass is 294 g/mol. The lowest BCUT2D eigenvalue weighted by Crippen LogP contribution is -2.34. The van der Waals surface area contributed by atoms with Gasteiger partial charge in [0.25, 0.3) is 5.91 Å². The predicted octanol–water partition coefficient (Wildman–Crippen LogP) is 2.56. The first-order chi connectivity index (χ1) is 8.08. The van der Waals surface area contributed by atoms with Gasteiger partial charge in [-0.05, 0) is 40.5 Å². The second-order valence-corrected chi connectivity index (χ2v) is 4.58. The van der Waals surface area contributed by atoms with Crippen molar-refractivity contribution >= 4 is 27.5 Å². The van der Waals surface area contributed by atoms with Gasteiger partial charge in [0, 0.05) is 28.2 Å². The van der Waals surface area contributed by atoms with E-state index in [4.69, 9.17) is 12.2 Å². The second-order valence-electron chi connectivity index (χ2n) is 3.72. The van der Waals surface area contributed by atoms with Crippen molar-refractivity contribution in [1.82, 2.24) is 5.32 Å². The molecule has 0 aliphatic carbocycles. The predicted molar refractivity (Wildman–Crippen MR) is 73.5 cm³/mol. The zero-order valence-corrected chi connectivity index (χ0v) is 11.3. The summed E-state index contributed by atoms with van der Waals surface area (Å²) in [5.41, 5.74) is 6.81. The lowest BCUT2D eigenvalue weighted by atomic mass is 10.1. The minimum atomic E-state index is -0.147. The van der Waals surface area contributed by atoms with Gasteiger partial charge >= 0.3 is 0 Å². The number of halogens is 1. The molecule has 0 aliphatic heterocycles. The molecule has 0 aromatic heterocycles. The molecule has 1 unspecified atom stereocenters. The summed E-state index contributed by atoms with van der Waals surface area (Å²) < 4.78 is 0.782. The van der Waals surface area contributed by atoms with Gasteiger partial charge in [-0.1, -0.05) is 6.92 Å². The summed E-state index contributed by atoms with van der Waals surface area (Å²) in [5, 5.41) is 2.88. The van der Waals surface area contributed by atoms with Crippen LogP contribution in [0, 0.1) is 12.3 Å². The molecule has 1 amide bonds. The van der Waals surface area contributed by atoms with Crippen molar-refractivity contribution < 1.29 is 4.79 Å². The van der Waals surface area contributed by atoms with Crippen LogP contribution < -0.4 is 11.1 Å². The fraction of sp³-hybridized carbons (Fsp3) is 0.308. The molecule has 90 valence electrons. The smallest absolute Gasteiger partial charge is 0.251 e. The van der Waals surface area contributed by atoms with Crippen LogP contribution in [0.25, 0.3) is 0 Å². The van der Waals surface area contributed by atoms with Gasteiger partial charge in [-0.2, -0.15) is 0 Å². The number of terminal acetylenes is 1. The van der Waals surface area contributed by atoms with Crippen molar-refractivity contribution in [3.8, 4) is 12.3 Å². The van der Waals surface area contributed by atoms with Gasteiger partial charge in [-0.15, -0.1) is 12.3 Å². The summed E-state index contributed by atoms with van der Waals surface area (Å²) in [5.74, 6) is 2.40. The fourth-order valence-electron chi connectivity index (χ4n) is 1.39. The zero-order valence-electron chi connectivity index (χ0n) is 9.66. The van der Waals surface area contributed by atoms with Crippen LogP contribution in [0.1, 0.15) is 30.1 Å². The molecule has 0 saturated heterocycles. The molecule has 1 atom stereocenters. The van der Waals surface area contributed by atoms with Gasteiger partial charge in [-0.25, -0.2) is 0 Å². The molecular formula is C13H15BrN2O. The number of nitrogens with one attached hydrogen (secondary N) is 1. The fourth-order valence-corrected chi connectivity index (χ4v) is 1.64. The molecule has 4 heteroatoms. The molecular weight excluding hydrogens is 280 g/mol. The molecule has 0 heterocycles. The maximum absolute atomic E-state index is 11.9. The van der Waals surface area contributed by atoms with Gasteiger partial charge in [0.1, 0.15) is 0 Å². The molecule has 0 radical (unpaired) electrons. The van der Waals surface area contributed by atoms with E-state index in [0.717, 1.165) is 10.9 Å². The van der Waals surface area contributed by atoms with Crippen LogP contribution in [-0.2, 0) is 0 Å². The number of nitrogens with two attached hydrogens (primary N) is 1. The average molecular weight is 295 g/mol. The minimum Gasteiger partial charge on any atom is -0.398 e. The summed E-state index contributed by atoms with van der Waals surface area (Å²) in [7, 11) is 0. The number of nitrogen functional groups attached to an aromatic ring is 1. The van der Waals surface area contributed by atoms with E-state index < -0.39 is 0 Å². The lowest BCUT2D eigenvalue weighted by Gasteiger charge is -2.14. The summed E-state index contributed by atoms with van der Waals surface area (Å²) in [4.78, 5) is 11.9. The Balaban J connectivity index is 2.76. The quantitative estimate of drug-likeness (QED) is 0.662. The third kappa shape index (κ3) is 3.79. The highest BCUT2D eigenvalue weighted by atomic mass is 79.9. The second kappa shape index (κ2) is 6.31. The standard InChI is InChI=1S/C13H15BrN2O/c1-3-5-10(4-2)16-13(17)9-6-7-11(14)12(15)8-9/h1,6-8,10H,4-5,15H2,2H3,(H,16,17). The minimum absolute atomic E-state index is 0.0115. The number of amides is 1. The molecule has 1 rings (SSSR count).